The monoisotopic (exact) mass is 334 g/mol. The molecule has 128 valence electrons. The van der Waals surface area contributed by atoms with E-state index >= 15 is 0 Å². The zero-order valence-electron chi connectivity index (χ0n) is 14.1. The summed E-state index contributed by atoms with van der Waals surface area (Å²) < 4.78 is 16.2. The lowest BCUT2D eigenvalue weighted by molar-refractivity contribution is 0.406. The predicted octanol–water partition coefficient (Wildman–Crippen LogP) is 4.23. The second-order valence-electron chi connectivity index (χ2n) is 6.46. The van der Waals surface area contributed by atoms with Gasteiger partial charge in [0.1, 0.15) is 0 Å². The van der Waals surface area contributed by atoms with E-state index in [1.54, 1.807) is 12.5 Å². The van der Waals surface area contributed by atoms with Gasteiger partial charge < -0.3 is 14.2 Å². The first kappa shape index (κ1) is 16.1. The fourth-order valence-corrected chi connectivity index (χ4v) is 2.90. The smallest absolute Gasteiger partial charge is 0.0907 e. The maximum Gasteiger partial charge on any atom is 0.0907 e. The van der Waals surface area contributed by atoms with E-state index in [-0.39, 0.29) is 0 Å². The second-order valence-corrected chi connectivity index (χ2v) is 6.46. The zero-order chi connectivity index (χ0) is 16.9. The lowest BCUT2D eigenvalue weighted by atomic mass is 10.0. The van der Waals surface area contributed by atoms with Gasteiger partial charge in [-0.1, -0.05) is 48.5 Å². The highest BCUT2D eigenvalue weighted by molar-refractivity contribution is 5.55. The van der Waals surface area contributed by atoms with Crippen LogP contribution < -0.4 is 0 Å². The van der Waals surface area contributed by atoms with Gasteiger partial charge in [-0.05, 0) is 34.4 Å². The molecule has 2 aliphatic rings. The van der Waals surface area contributed by atoms with Crippen molar-refractivity contribution in [3.05, 3.63) is 83.3 Å². The van der Waals surface area contributed by atoms with Crippen molar-refractivity contribution in [1.29, 1.82) is 0 Å². The van der Waals surface area contributed by atoms with Crippen LogP contribution in [0.1, 0.15) is 22.3 Å². The summed E-state index contributed by atoms with van der Waals surface area (Å²) in [6.45, 7) is 1.76. The molecule has 0 spiro atoms. The molecule has 0 bridgehead atoms. The summed E-state index contributed by atoms with van der Waals surface area (Å²) in [5.41, 5.74) is 4.95. The Labute approximate surface area is 148 Å². The summed E-state index contributed by atoms with van der Waals surface area (Å²) in [6.07, 6.45) is 10.2. The quantitative estimate of drug-likeness (QED) is 0.535. The molecular formula is C22H22O3. The molecule has 0 aliphatic carbocycles. The van der Waals surface area contributed by atoms with E-state index in [2.05, 4.69) is 36.4 Å². The third kappa shape index (κ3) is 4.81. The molecule has 2 aromatic rings. The molecule has 2 aromatic carbocycles. The van der Waals surface area contributed by atoms with Gasteiger partial charge in [-0.2, -0.15) is 0 Å². The Balaban J connectivity index is 1.36. The summed E-state index contributed by atoms with van der Waals surface area (Å²) >= 11 is 0. The van der Waals surface area contributed by atoms with Crippen LogP contribution in [0.25, 0.3) is 12.2 Å². The lowest BCUT2D eigenvalue weighted by Crippen LogP contribution is -1.95. The minimum atomic E-state index is 0.391. The van der Waals surface area contributed by atoms with E-state index in [4.69, 9.17) is 14.2 Å². The highest BCUT2D eigenvalue weighted by atomic mass is 16.6. The number of benzene rings is 2. The van der Waals surface area contributed by atoms with E-state index in [9.17, 15) is 0 Å². The van der Waals surface area contributed by atoms with Crippen molar-refractivity contribution in [3.63, 3.8) is 0 Å². The van der Waals surface area contributed by atoms with Crippen molar-refractivity contribution >= 4 is 12.2 Å². The molecule has 2 atom stereocenters. The summed E-state index contributed by atoms with van der Waals surface area (Å²) in [5, 5.41) is 0. The Bertz CT molecular complexity index is 705. The van der Waals surface area contributed by atoms with E-state index in [0.717, 1.165) is 26.1 Å². The van der Waals surface area contributed by atoms with Gasteiger partial charge >= 0.3 is 0 Å². The Morgan fingerprint density at radius 3 is 1.64 bits per heavy atom. The van der Waals surface area contributed by atoms with E-state index < -0.39 is 0 Å². The molecule has 2 heterocycles. The third-order valence-electron chi connectivity index (χ3n) is 4.46. The van der Waals surface area contributed by atoms with Crippen molar-refractivity contribution in [3.8, 4) is 0 Å². The van der Waals surface area contributed by atoms with E-state index in [0.29, 0.717) is 12.2 Å². The summed E-state index contributed by atoms with van der Waals surface area (Å²) in [4.78, 5) is 0. The molecule has 2 saturated heterocycles. The number of hydrogen-bond acceptors (Lipinski definition) is 3. The van der Waals surface area contributed by atoms with Crippen LogP contribution in [0, 0.1) is 0 Å². The Hall–Kier alpha value is -2.36. The third-order valence-corrected chi connectivity index (χ3v) is 4.46. The predicted molar refractivity (Wildman–Crippen MR) is 98.9 cm³/mol. The molecule has 0 N–H and O–H groups in total. The van der Waals surface area contributed by atoms with Gasteiger partial charge in [0.2, 0.25) is 0 Å². The van der Waals surface area contributed by atoms with Crippen LogP contribution in [-0.2, 0) is 27.1 Å². The molecule has 2 aliphatic heterocycles. The highest BCUT2D eigenvalue weighted by Gasteiger charge is 2.23. The van der Waals surface area contributed by atoms with Crippen LogP contribution in [0.15, 0.2) is 61.1 Å². The van der Waals surface area contributed by atoms with Crippen LogP contribution in [0.4, 0.5) is 0 Å². The first-order valence-corrected chi connectivity index (χ1v) is 8.76. The fourth-order valence-electron chi connectivity index (χ4n) is 2.90. The number of rotatable bonds is 8. The van der Waals surface area contributed by atoms with Gasteiger partial charge in [0, 0.05) is 12.8 Å². The van der Waals surface area contributed by atoms with Crippen molar-refractivity contribution < 1.29 is 14.2 Å². The summed E-state index contributed by atoms with van der Waals surface area (Å²) in [5.74, 6) is 0. The molecule has 3 heteroatoms. The summed E-state index contributed by atoms with van der Waals surface area (Å²) in [6, 6.07) is 16.7. The molecule has 0 aromatic heterocycles. The SMILES string of the molecule is C(=C\c1ccccc1CC1CO1)/O/C=C/c1ccccc1CC1CO1. The molecule has 2 unspecified atom stereocenters. The van der Waals surface area contributed by atoms with Crippen molar-refractivity contribution in [2.75, 3.05) is 13.2 Å². The lowest BCUT2D eigenvalue weighted by Gasteiger charge is -2.04. The Morgan fingerprint density at radius 1 is 0.760 bits per heavy atom. The average molecular weight is 334 g/mol. The number of ether oxygens (including phenoxy) is 3. The van der Waals surface area contributed by atoms with Gasteiger partial charge in [0.05, 0.1) is 37.9 Å². The molecule has 2 fully saturated rings. The maximum absolute atomic E-state index is 5.57. The van der Waals surface area contributed by atoms with Crippen molar-refractivity contribution in [2.24, 2.45) is 0 Å². The normalized spacial score (nSPS) is 21.8. The van der Waals surface area contributed by atoms with Crippen LogP contribution in [0.2, 0.25) is 0 Å². The fraction of sp³-hybridized carbons (Fsp3) is 0.273. The van der Waals surface area contributed by atoms with E-state index in [1.165, 1.54) is 22.3 Å². The van der Waals surface area contributed by atoms with Gasteiger partial charge in [0.25, 0.3) is 0 Å². The summed E-state index contributed by atoms with van der Waals surface area (Å²) in [7, 11) is 0. The molecule has 3 nitrogen and oxygen atoms in total. The Morgan fingerprint density at radius 2 is 1.20 bits per heavy atom. The molecule has 4 rings (SSSR count). The molecule has 0 saturated carbocycles. The maximum atomic E-state index is 5.57. The van der Waals surface area contributed by atoms with Gasteiger partial charge in [-0.15, -0.1) is 0 Å². The second kappa shape index (κ2) is 7.68. The molecular weight excluding hydrogens is 312 g/mol. The first-order chi connectivity index (χ1) is 12.4. The van der Waals surface area contributed by atoms with Crippen LogP contribution in [-0.4, -0.2) is 25.4 Å². The van der Waals surface area contributed by atoms with Gasteiger partial charge in [-0.25, -0.2) is 0 Å². The van der Waals surface area contributed by atoms with Crippen molar-refractivity contribution in [1.82, 2.24) is 0 Å². The van der Waals surface area contributed by atoms with Crippen LogP contribution >= 0.6 is 0 Å². The van der Waals surface area contributed by atoms with Gasteiger partial charge in [0.15, 0.2) is 0 Å². The molecule has 0 amide bonds. The first-order valence-electron chi connectivity index (χ1n) is 8.76. The topological polar surface area (TPSA) is 34.3 Å². The van der Waals surface area contributed by atoms with Gasteiger partial charge in [-0.3, -0.25) is 0 Å². The Kier molecular flexibility index (Phi) is 4.96. The standard InChI is InChI=1S/C22H22O3/c1-3-7-19(13-21-15-24-21)17(5-1)9-11-23-12-10-18-6-2-4-8-20(18)14-22-16-25-22/h1-12,21-22H,13-16H2/b11-9+,12-10+. The molecule has 0 radical (unpaired) electrons. The van der Waals surface area contributed by atoms with E-state index in [1.807, 2.05) is 24.3 Å². The molecule has 25 heavy (non-hydrogen) atoms. The minimum absolute atomic E-state index is 0.391. The number of hydrogen-bond donors (Lipinski definition) is 0. The zero-order valence-corrected chi connectivity index (χ0v) is 14.1. The van der Waals surface area contributed by atoms with Crippen molar-refractivity contribution in [2.45, 2.75) is 25.0 Å². The average Bonchev–Trinajstić information content (AvgIpc) is 3.54. The van der Waals surface area contributed by atoms with Crippen LogP contribution in [0.3, 0.4) is 0 Å². The minimum Gasteiger partial charge on any atom is -0.473 e. The number of epoxide rings is 2. The largest absolute Gasteiger partial charge is 0.473 e. The van der Waals surface area contributed by atoms with Crippen LogP contribution in [0.5, 0.6) is 0 Å². The highest BCUT2D eigenvalue weighted by Crippen LogP contribution is 2.21.